The molecule has 0 fully saturated rings. The minimum Gasteiger partial charge on any atom is -0.298 e. The molecule has 5 heteroatoms. The van der Waals surface area contributed by atoms with Crippen LogP contribution in [0.4, 0.5) is 5.69 Å². The third-order valence-electron chi connectivity index (χ3n) is 2.05. The molecule has 0 saturated carbocycles. The molecule has 0 saturated heterocycles. The summed E-state index contributed by atoms with van der Waals surface area (Å²) in [6.07, 6.45) is 0.386. The van der Waals surface area contributed by atoms with Crippen molar-refractivity contribution in [3.63, 3.8) is 0 Å². The zero-order valence-corrected chi connectivity index (χ0v) is 8.31. The molecule has 0 heterocycles. The quantitative estimate of drug-likeness (QED) is 0.328. The Morgan fingerprint density at radius 3 is 2.47 bits per heavy atom. The smallest absolute Gasteiger partial charge is 0.282 e. The van der Waals surface area contributed by atoms with Gasteiger partial charge in [-0.1, -0.05) is 0 Å². The number of hydrogen-bond acceptors (Lipinski definition) is 4. The number of aldehydes is 1. The Kier molecular flexibility index (Phi) is 2.94. The minimum atomic E-state index is -0.622. The van der Waals surface area contributed by atoms with Crippen LogP contribution in [0.25, 0.3) is 0 Å². The van der Waals surface area contributed by atoms with E-state index in [1.807, 2.05) is 0 Å². The molecular formula is C10H9NO4. The number of hydrogen-bond donors (Lipinski definition) is 0. The highest BCUT2D eigenvalue weighted by Crippen LogP contribution is 2.23. The van der Waals surface area contributed by atoms with Gasteiger partial charge in [-0.3, -0.25) is 19.7 Å². The maximum Gasteiger partial charge on any atom is 0.282 e. The van der Waals surface area contributed by atoms with Gasteiger partial charge in [0.2, 0.25) is 0 Å². The molecule has 15 heavy (non-hydrogen) atoms. The fraction of sp³-hybridized carbons (Fsp3) is 0.200. The van der Waals surface area contributed by atoms with Crippen LogP contribution in [0.3, 0.4) is 0 Å². The molecular weight excluding hydrogens is 198 g/mol. The standard InChI is InChI=1S/C10H9NO4/c1-6-3-8(7(2)13)4-9(5-12)10(6)11(14)15/h3-5H,1-2H3. The van der Waals surface area contributed by atoms with Crippen molar-refractivity contribution in [1.82, 2.24) is 0 Å². The highest BCUT2D eigenvalue weighted by Gasteiger charge is 2.18. The molecule has 0 bridgehead atoms. The first-order chi connectivity index (χ1) is 6.97. The number of carbonyl (C=O) groups is 2. The van der Waals surface area contributed by atoms with E-state index in [2.05, 4.69) is 0 Å². The summed E-state index contributed by atoms with van der Waals surface area (Å²) in [5, 5.41) is 10.6. The predicted molar refractivity (Wildman–Crippen MR) is 53.2 cm³/mol. The van der Waals surface area contributed by atoms with Crippen molar-refractivity contribution in [2.75, 3.05) is 0 Å². The van der Waals surface area contributed by atoms with E-state index in [0.29, 0.717) is 17.4 Å². The molecule has 0 aliphatic rings. The van der Waals surface area contributed by atoms with E-state index in [4.69, 9.17) is 0 Å². The lowest BCUT2D eigenvalue weighted by Gasteiger charge is -2.02. The first-order valence-corrected chi connectivity index (χ1v) is 4.22. The maximum atomic E-state index is 11.1. The lowest BCUT2D eigenvalue weighted by molar-refractivity contribution is -0.385. The molecule has 5 nitrogen and oxygen atoms in total. The fourth-order valence-electron chi connectivity index (χ4n) is 1.35. The Labute approximate surface area is 85.9 Å². The highest BCUT2D eigenvalue weighted by atomic mass is 16.6. The van der Waals surface area contributed by atoms with Gasteiger partial charge in [-0.05, 0) is 26.0 Å². The van der Waals surface area contributed by atoms with E-state index >= 15 is 0 Å². The van der Waals surface area contributed by atoms with Gasteiger partial charge >= 0.3 is 0 Å². The predicted octanol–water partition coefficient (Wildman–Crippen LogP) is 1.92. The Morgan fingerprint density at radius 2 is 2.07 bits per heavy atom. The number of ketones is 1. The van der Waals surface area contributed by atoms with Crippen LogP contribution in [0.1, 0.15) is 33.2 Å². The van der Waals surface area contributed by atoms with Gasteiger partial charge in [0.25, 0.3) is 5.69 Å². The van der Waals surface area contributed by atoms with Gasteiger partial charge in [0.1, 0.15) is 0 Å². The van der Waals surface area contributed by atoms with Crippen molar-refractivity contribution in [2.45, 2.75) is 13.8 Å². The summed E-state index contributed by atoms with van der Waals surface area (Å²) >= 11 is 0. The van der Waals surface area contributed by atoms with Crippen molar-refractivity contribution in [2.24, 2.45) is 0 Å². The number of rotatable bonds is 3. The number of nitro benzene ring substituents is 1. The second-order valence-electron chi connectivity index (χ2n) is 3.16. The van der Waals surface area contributed by atoms with Gasteiger partial charge in [0, 0.05) is 11.1 Å². The van der Waals surface area contributed by atoms with Crippen LogP contribution in [0.15, 0.2) is 12.1 Å². The van der Waals surface area contributed by atoms with Crippen LogP contribution in [0.2, 0.25) is 0 Å². The highest BCUT2D eigenvalue weighted by molar-refractivity contribution is 5.97. The summed E-state index contributed by atoms with van der Waals surface area (Å²) < 4.78 is 0. The molecule has 1 aromatic rings. The second kappa shape index (κ2) is 4.00. The van der Waals surface area contributed by atoms with Crippen molar-refractivity contribution in [3.05, 3.63) is 38.9 Å². The van der Waals surface area contributed by atoms with E-state index in [9.17, 15) is 19.7 Å². The van der Waals surface area contributed by atoms with Gasteiger partial charge in [-0.25, -0.2) is 0 Å². The molecule has 0 radical (unpaired) electrons. The molecule has 0 aliphatic carbocycles. The molecule has 0 spiro atoms. The summed E-state index contributed by atoms with van der Waals surface area (Å²) in [4.78, 5) is 31.7. The molecule has 0 unspecified atom stereocenters. The first kappa shape index (κ1) is 11.0. The van der Waals surface area contributed by atoms with E-state index in [-0.39, 0.29) is 17.0 Å². The Bertz CT molecular complexity index is 451. The van der Waals surface area contributed by atoms with Crippen LogP contribution >= 0.6 is 0 Å². The average Bonchev–Trinajstić information content (AvgIpc) is 2.15. The van der Waals surface area contributed by atoms with Crippen LogP contribution in [-0.2, 0) is 0 Å². The molecule has 0 amide bonds. The summed E-state index contributed by atoms with van der Waals surface area (Å²) in [6, 6.07) is 2.65. The van der Waals surface area contributed by atoms with Gasteiger partial charge < -0.3 is 0 Å². The van der Waals surface area contributed by atoms with Crippen LogP contribution in [0, 0.1) is 17.0 Å². The first-order valence-electron chi connectivity index (χ1n) is 4.22. The number of aryl methyl sites for hydroxylation is 1. The number of nitro groups is 1. The summed E-state index contributed by atoms with van der Waals surface area (Å²) in [5.41, 5.74) is 0.315. The zero-order chi connectivity index (χ0) is 11.6. The summed E-state index contributed by atoms with van der Waals surface area (Å²) in [7, 11) is 0. The monoisotopic (exact) mass is 207 g/mol. The molecule has 0 N–H and O–H groups in total. The largest absolute Gasteiger partial charge is 0.298 e. The molecule has 0 atom stereocenters. The normalized spacial score (nSPS) is 9.73. The molecule has 1 rings (SSSR count). The number of benzene rings is 1. The van der Waals surface area contributed by atoms with E-state index in [1.165, 1.54) is 26.0 Å². The zero-order valence-electron chi connectivity index (χ0n) is 8.31. The second-order valence-corrected chi connectivity index (χ2v) is 3.16. The maximum absolute atomic E-state index is 11.1. The molecule has 0 aromatic heterocycles. The Morgan fingerprint density at radius 1 is 1.47 bits per heavy atom. The van der Waals surface area contributed by atoms with Crippen LogP contribution in [-0.4, -0.2) is 17.0 Å². The molecule has 1 aromatic carbocycles. The van der Waals surface area contributed by atoms with E-state index < -0.39 is 4.92 Å². The third-order valence-corrected chi connectivity index (χ3v) is 2.05. The van der Waals surface area contributed by atoms with E-state index in [1.54, 1.807) is 0 Å². The SMILES string of the molecule is CC(=O)c1cc(C)c([N+](=O)[O-])c(C=O)c1. The number of nitrogens with zero attached hydrogens (tertiary/aromatic N) is 1. The van der Waals surface area contributed by atoms with Gasteiger partial charge in [0.15, 0.2) is 12.1 Å². The molecule has 0 aliphatic heterocycles. The van der Waals surface area contributed by atoms with E-state index in [0.717, 1.165) is 0 Å². The fourth-order valence-corrected chi connectivity index (χ4v) is 1.35. The Hall–Kier alpha value is -2.04. The van der Waals surface area contributed by atoms with Crippen LogP contribution < -0.4 is 0 Å². The Balaban J connectivity index is 3.50. The van der Waals surface area contributed by atoms with Crippen LogP contribution in [0.5, 0.6) is 0 Å². The van der Waals surface area contributed by atoms with Gasteiger partial charge in [-0.2, -0.15) is 0 Å². The number of carbonyl (C=O) groups excluding carboxylic acids is 2. The topological polar surface area (TPSA) is 77.3 Å². The van der Waals surface area contributed by atoms with Crippen molar-refractivity contribution >= 4 is 17.8 Å². The molecule has 78 valence electrons. The lowest BCUT2D eigenvalue weighted by Crippen LogP contribution is -2.01. The minimum absolute atomic E-state index is 0.0646. The number of Topliss-reactive ketones (excluding diaryl/α,β-unsaturated/α-hetero) is 1. The summed E-state index contributed by atoms with van der Waals surface area (Å²) in [6.45, 7) is 2.84. The van der Waals surface area contributed by atoms with Gasteiger partial charge in [-0.15, -0.1) is 0 Å². The third kappa shape index (κ3) is 2.07. The lowest BCUT2D eigenvalue weighted by atomic mass is 10.0. The summed E-state index contributed by atoms with van der Waals surface area (Å²) in [5.74, 6) is -0.226. The van der Waals surface area contributed by atoms with Crippen molar-refractivity contribution in [3.8, 4) is 0 Å². The van der Waals surface area contributed by atoms with Crippen molar-refractivity contribution in [1.29, 1.82) is 0 Å². The van der Waals surface area contributed by atoms with Crippen molar-refractivity contribution < 1.29 is 14.5 Å². The van der Waals surface area contributed by atoms with Gasteiger partial charge in [0.05, 0.1) is 10.5 Å². The average molecular weight is 207 g/mol.